The molecule has 0 radical (unpaired) electrons. The van der Waals surface area contributed by atoms with Crippen LogP contribution in [0.2, 0.25) is 0 Å². The summed E-state index contributed by atoms with van der Waals surface area (Å²) < 4.78 is 24.4. The Hall–Kier alpha value is -7.34. The minimum Gasteiger partial charge on any atom is -0.492 e. The quantitative estimate of drug-likeness (QED) is 0.0264. The number of aliphatic imine (C=N–C) groups is 2. The molecule has 1 saturated heterocycles. The van der Waals surface area contributed by atoms with E-state index in [-0.39, 0.29) is 55.6 Å². The lowest BCUT2D eigenvalue weighted by atomic mass is 10.0. The second-order valence-corrected chi connectivity index (χ2v) is 14.2. The molecule has 1 atom stereocenters. The smallest absolute Gasteiger partial charge is 0.278 e. The van der Waals surface area contributed by atoms with Crippen molar-refractivity contribution >= 4 is 59.3 Å². The van der Waals surface area contributed by atoms with E-state index >= 15 is 0 Å². The zero-order valence-electron chi connectivity index (χ0n) is 35.0. The van der Waals surface area contributed by atoms with E-state index in [2.05, 4.69) is 73.9 Å². The number of H-pyrrole nitrogens is 1. The lowest BCUT2D eigenvalue weighted by molar-refractivity contribution is -0.129. The number of benzene rings is 3. The lowest BCUT2D eigenvalue weighted by Gasteiger charge is -2.34. The second kappa shape index (κ2) is 22.5. The van der Waals surface area contributed by atoms with Crippen molar-refractivity contribution in [2.24, 2.45) is 9.98 Å². The van der Waals surface area contributed by atoms with Gasteiger partial charge in [-0.25, -0.2) is 14.4 Å². The standard InChI is InChI=1S/C43H49FN14O5/c1-4-47-39(60)37(46-2)40(61)58-17-15-57(16-18-58)27-30-6-5-7-32(22-30)50-42-54-41(49-26-36-51-33-13-12-31(44)24-34(33)52-36)55-43(56-42)53-35(23-28-8-10-29(25-45)11-9-28)38(59)48-14-19-63-21-20-62-3/h4-13,22,24,35,60H,2,14-21,23,26-27H2,1,3H3,(H,48,59)(H,51,52)(H3,49,50,53,54,55,56)/b39-37+,47-4-/t35-/m0/s1. The maximum absolute atomic E-state index is 13.9. The molecule has 6 rings (SSSR count). The van der Waals surface area contributed by atoms with Gasteiger partial charge in [0.15, 0.2) is 5.70 Å². The number of nitrogens with zero attached hydrogens (tertiary/aromatic N) is 9. The third-order valence-corrected chi connectivity index (χ3v) is 9.74. The number of piperazine rings is 1. The number of methoxy groups -OCH3 is 1. The average molecular weight is 861 g/mol. The van der Waals surface area contributed by atoms with Crippen LogP contribution < -0.4 is 21.3 Å². The molecule has 1 aliphatic heterocycles. The number of carbonyl (C=O) groups is 2. The number of nitriles is 1. The zero-order chi connectivity index (χ0) is 44.6. The van der Waals surface area contributed by atoms with Crippen LogP contribution in [-0.4, -0.2) is 130 Å². The van der Waals surface area contributed by atoms with E-state index < -0.39 is 23.6 Å². The molecular formula is C43H49FN14O5. The summed E-state index contributed by atoms with van der Waals surface area (Å²) in [5, 5.41) is 32.0. The molecule has 3 heterocycles. The summed E-state index contributed by atoms with van der Waals surface area (Å²) in [5.74, 6) is -0.694. The number of carbonyl (C=O) groups excluding carboxylic acids is 2. The van der Waals surface area contributed by atoms with Gasteiger partial charge in [-0.1, -0.05) is 24.3 Å². The number of aliphatic hydroxyl groups excluding tert-OH is 1. The van der Waals surface area contributed by atoms with Gasteiger partial charge in [0.05, 0.1) is 49.0 Å². The van der Waals surface area contributed by atoms with Gasteiger partial charge in [-0.3, -0.25) is 19.5 Å². The Morgan fingerprint density at radius 1 is 1.00 bits per heavy atom. The van der Waals surface area contributed by atoms with E-state index in [1.165, 1.54) is 18.3 Å². The van der Waals surface area contributed by atoms with Gasteiger partial charge in [-0.05, 0) is 61.2 Å². The van der Waals surface area contributed by atoms with Crippen molar-refractivity contribution in [2.45, 2.75) is 32.5 Å². The van der Waals surface area contributed by atoms with E-state index in [0.29, 0.717) is 74.0 Å². The number of anilines is 4. The van der Waals surface area contributed by atoms with E-state index in [9.17, 15) is 24.3 Å². The minimum atomic E-state index is -0.851. The average Bonchev–Trinajstić information content (AvgIpc) is 3.69. The highest BCUT2D eigenvalue weighted by molar-refractivity contribution is 5.94. The highest BCUT2D eigenvalue weighted by Crippen LogP contribution is 2.21. The molecule has 0 aliphatic carbocycles. The Morgan fingerprint density at radius 3 is 2.52 bits per heavy atom. The molecule has 0 spiro atoms. The Kier molecular flexibility index (Phi) is 16.1. The van der Waals surface area contributed by atoms with E-state index in [0.717, 1.165) is 11.1 Å². The number of imidazole rings is 1. The Morgan fingerprint density at radius 2 is 1.78 bits per heavy atom. The fraction of sp³-hybridized carbons (Fsp3) is 0.326. The van der Waals surface area contributed by atoms with Gasteiger partial charge in [0.25, 0.3) is 5.91 Å². The number of aromatic nitrogens is 5. The van der Waals surface area contributed by atoms with E-state index in [4.69, 9.17) is 9.47 Å². The predicted octanol–water partition coefficient (Wildman–Crippen LogP) is 4.08. The van der Waals surface area contributed by atoms with Gasteiger partial charge < -0.3 is 45.7 Å². The summed E-state index contributed by atoms with van der Waals surface area (Å²) in [6.07, 6.45) is 1.61. The largest absolute Gasteiger partial charge is 0.492 e. The van der Waals surface area contributed by atoms with Crippen LogP contribution >= 0.6 is 0 Å². The fourth-order valence-corrected chi connectivity index (χ4v) is 6.59. The first kappa shape index (κ1) is 45.2. The number of hydrogen-bond acceptors (Lipinski definition) is 16. The highest BCUT2D eigenvalue weighted by Gasteiger charge is 2.26. The maximum atomic E-state index is 13.9. The van der Waals surface area contributed by atoms with Gasteiger partial charge in [0.2, 0.25) is 29.6 Å². The van der Waals surface area contributed by atoms with Gasteiger partial charge >= 0.3 is 0 Å². The number of aromatic amines is 1. The maximum Gasteiger partial charge on any atom is 0.278 e. The van der Waals surface area contributed by atoms with Crippen molar-refractivity contribution in [3.05, 3.63) is 107 Å². The van der Waals surface area contributed by atoms with Crippen LogP contribution in [0.4, 0.5) is 27.9 Å². The van der Waals surface area contributed by atoms with E-state index in [1.807, 2.05) is 24.3 Å². The summed E-state index contributed by atoms with van der Waals surface area (Å²) in [6.45, 7) is 9.15. The number of aliphatic hydroxyl groups is 1. The van der Waals surface area contributed by atoms with Crippen LogP contribution in [0.15, 0.2) is 88.3 Å². The molecule has 0 saturated carbocycles. The molecule has 1 fully saturated rings. The first-order valence-electron chi connectivity index (χ1n) is 20.1. The monoisotopic (exact) mass is 860 g/mol. The molecule has 328 valence electrons. The second-order valence-electron chi connectivity index (χ2n) is 14.2. The molecule has 19 nitrogen and oxygen atoms in total. The normalized spacial score (nSPS) is 13.9. The van der Waals surface area contributed by atoms with Gasteiger partial charge in [-0.15, -0.1) is 0 Å². The first-order chi connectivity index (χ1) is 30.6. The van der Waals surface area contributed by atoms with Crippen LogP contribution in [0.3, 0.4) is 0 Å². The van der Waals surface area contributed by atoms with E-state index in [1.54, 1.807) is 49.3 Å². The number of hydrogen-bond donors (Lipinski definition) is 6. The van der Waals surface area contributed by atoms with Crippen molar-refractivity contribution in [3.63, 3.8) is 0 Å². The van der Waals surface area contributed by atoms with Crippen LogP contribution in [-0.2, 0) is 38.6 Å². The molecule has 2 aromatic heterocycles. The van der Waals surface area contributed by atoms with Crippen molar-refractivity contribution in [1.82, 2.24) is 40.0 Å². The molecule has 63 heavy (non-hydrogen) atoms. The molecule has 5 aromatic rings. The Bertz CT molecular complexity index is 2460. The molecule has 0 unspecified atom stereocenters. The van der Waals surface area contributed by atoms with Gasteiger partial charge in [-0.2, -0.15) is 20.2 Å². The number of halogens is 1. The number of fused-ring (bicyclic) bond motifs is 1. The van der Waals surface area contributed by atoms with Crippen LogP contribution in [0.25, 0.3) is 11.0 Å². The Labute approximate surface area is 363 Å². The molecule has 1 aliphatic rings. The third kappa shape index (κ3) is 13.1. The Balaban J connectivity index is 1.20. The summed E-state index contributed by atoms with van der Waals surface area (Å²) >= 11 is 0. The summed E-state index contributed by atoms with van der Waals surface area (Å²) in [6, 6.07) is 20.3. The van der Waals surface area contributed by atoms with Crippen LogP contribution in [0.5, 0.6) is 0 Å². The van der Waals surface area contributed by atoms with Crippen molar-refractivity contribution in [1.29, 1.82) is 5.26 Å². The zero-order valence-corrected chi connectivity index (χ0v) is 35.0. The summed E-state index contributed by atoms with van der Waals surface area (Å²) in [4.78, 5) is 59.6. The van der Waals surface area contributed by atoms with Gasteiger partial charge in [0, 0.05) is 70.8 Å². The van der Waals surface area contributed by atoms with Crippen molar-refractivity contribution in [3.8, 4) is 6.07 Å². The van der Waals surface area contributed by atoms with Crippen molar-refractivity contribution in [2.75, 3.05) is 75.6 Å². The molecule has 2 amide bonds. The predicted molar refractivity (Wildman–Crippen MR) is 236 cm³/mol. The number of amides is 2. The minimum absolute atomic E-state index is 0.0925. The topological polar surface area (TPSA) is 243 Å². The third-order valence-electron chi connectivity index (χ3n) is 9.74. The SMILES string of the molecule is C=N/C(C(=O)N1CCN(Cc2cccc(Nc3nc(NCc4nc5cc(F)ccc5[nH]4)nc(N[C@@H](Cc4ccc(C#N)cc4)C(=O)NCCOCCOC)n3)c2)CC1)=C(O)\N=C/C. The summed E-state index contributed by atoms with van der Waals surface area (Å²) in [7, 11) is 1.58. The van der Waals surface area contributed by atoms with Crippen LogP contribution in [0.1, 0.15) is 29.4 Å². The lowest BCUT2D eigenvalue weighted by Crippen LogP contribution is -2.48. The molecule has 20 heteroatoms. The number of rotatable bonds is 21. The molecular weight excluding hydrogens is 812 g/mol. The molecule has 6 N–H and O–H groups in total. The first-order valence-corrected chi connectivity index (χ1v) is 20.1. The fourth-order valence-electron chi connectivity index (χ4n) is 6.59. The summed E-state index contributed by atoms with van der Waals surface area (Å²) in [5.41, 5.74) is 3.91. The highest BCUT2D eigenvalue weighted by atomic mass is 19.1. The molecule has 3 aromatic carbocycles. The van der Waals surface area contributed by atoms with Crippen LogP contribution in [0, 0.1) is 17.1 Å². The number of nitrogens with one attached hydrogen (secondary N) is 5. The van der Waals surface area contributed by atoms with Crippen molar-refractivity contribution < 1.29 is 28.6 Å². The number of ether oxygens (including phenoxy) is 2. The van der Waals surface area contributed by atoms with Gasteiger partial charge in [0.1, 0.15) is 17.7 Å². The molecule has 0 bridgehead atoms.